The van der Waals surface area contributed by atoms with Crippen molar-refractivity contribution >= 4 is 11.6 Å². The number of alkyl halides is 3. The van der Waals surface area contributed by atoms with Gasteiger partial charge in [-0.05, 0) is 47.5 Å². The quantitative estimate of drug-likeness (QED) is 0.737. The lowest BCUT2D eigenvalue weighted by Crippen LogP contribution is -2.17. The van der Waals surface area contributed by atoms with E-state index in [1.807, 2.05) is 19.1 Å². The molecular weight excluding hydrogens is 363 g/mol. The van der Waals surface area contributed by atoms with Crippen molar-refractivity contribution in [3.05, 3.63) is 59.9 Å². The number of ether oxygens (including phenoxy) is 1. The maximum Gasteiger partial charge on any atom is 0.573 e. The molecule has 0 fully saturated rings. The molecule has 140 valence electrons. The van der Waals surface area contributed by atoms with Crippen molar-refractivity contribution in [1.82, 2.24) is 20.2 Å². The molecule has 0 aliphatic carbocycles. The van der Waals surface area contributed by atoms with Crippen molar-refractivity contribution in [2.24, 2.45) is 0 Å². The van der Waals surface area contributed by atoms with Crippen LogP contribution >= 0.6 is 0 Å². The fourth-order valence-corrected chi connectivity index (χ4v) is 2.32. The number of benzene rings is 2. The molecular formula is C17H14F3N5O2. The number of aromatic nitrogens is 4. The van der Waals surface area contributed by atoms with Gasteiger partial charge >= 0.3 is 6.36 Å². The average Bonchev–Trinajstić information content (AvgIpc) is 3.12. The molecule has 0 aliphatic rings. The van der Waals surface area contributed by atoms with Gasteiger partial charge in [0.1, 0.15) is 5.75 Å². The van der Waals surface area contributed by atoms with Gasteiger partial charge in [-0.25, -0.2) is 0 Å². The number of hydrogen-bond donors (Lipinski definition) is 1. The number of nitrogens with one attached hydrogen (secondary N) is 1. The number of halogens is 3. The van der Waals surface area contributed by atoms with Gasteiger partial charge in [0.05, 0.1) is 5.69 Å². The molecule has 1 heterocycles. The highest BCUT2D eigenvalue weighted by atomic mass is 19.4. The number of amides is 1. The number of anilines is 1. The summed E-state index contributed by atoms with van der Waals surface area (Å²) in [5.41, 5.74) is 1.93. The molecule has 0 aliphatic heterocycles. The minimum atomic E-state index is -4.77. The zero-order chi connectivity index (χ0) is 19.4. The van der Waals surface area contributed by atoms with Gasteiger partial charge in [0.25, 0.3) is 11.7 Å². The number of aryl methyl sites for hydroxylation is 1. The van der Waals surface area contributed by atoms with Crippen LogP contribution in [0.1, 0.15) is 23.1 Å². The third-order valence-electron chi connectivity index (χ3n) is 3.56. The van der Waals surface area contributed by atoms with E-state index in [2.05, 4.69) is 25.5 Å². The van der Waals surface area contributed by atoms with Crippen LogP contribution in [0.5, 0.6) is 5.75 Å². The maximum absolute atomic E-state index is 12.3. The lowest BCUT2D eigenvalue weighted by Gasteiger charge is -2.08. The van der Waals surface area contributed by atoms with Crippen LogP contribution in [-0.2, 0) is 6.42 Å². The zero-order valence-corrected chi connectivity index (χ0v) is 14.1. The first-order chi connectivity index (χ1) is 12.9. The monoisotopic (exact) mass is 377 g/mol. The van der Waals surface area contributed by atoms with Crippen molar-refractivity contribution in [3.8, 4) is 11.4 Å². The van der Waals surface area contributed by atoms with E-state index < -0.39 is 12.3 Å². The summed E-state index contributed by atoms with van der Waals surface area (Å²) in [5.74, 6) is -1.09. The van der Waals surface area contributed by atoms with Crippen molar-refractivity contribution < 1.29 is 22.7 Å². The smallest absolute Gasteiger partial charge is 0.406 e. The van der Waals surface area contributed by atoms with E-state index in [0.717, 1.165) is 28.9 Å². The van der Waals surface area contributed by atoms with Crippen molar-refractivity contribution in [2.45, 2.75) is 19.7 Å². The highest BCUT2D eigenvalue weighted by molar-refractivity contribution is 6.01. The number of nitrogens with zero attached hydrogens (tertiary/aromatic N) is 4. The van der Waals surface area contributed by atoms with Crippen LogP contribution < -0.4 is 10.1 Å². The fraction of sp³-hybridized carbons (Fsp3) is 0.176. The summed E-state index contributed by atoms with van der Waals surface area (Å²) in [6.45, 7) is 1.96. The Balaban J connectivity index is 1.73. The number of carbonyl (C=O) groups is 1. The molecule has 0 atom stereocenters. The minimum Gasteiger partial charge on any atom is -0.406 e. The topological polar surface area (TPSA) is 81.9 Å². The molecule has 27 heavy (non-hydrogen) atoms. The molecule has 0 spiro atoms. The Kier molecular flexibility index (Phi) is 5.06. The number of para-hydroxylation sites is 1. The van der Waals surface area contributed by atoms with Crippen LogP contribution in [0.4, 0.5) is 18.9 Å². The van der Waals surface area contributed by atoms with Crippen molar-refractivity contribution in [1.29, 1.82) is 0 Å². The Morgan fingerprint density at radius 2 is 1.85 bits per heavy atom. The molecule has 10 heteroatoms. The van der Waals surface area contributed by atoms with E-state index in [1.54, 1.807) is 12.1 Å². The number of hydrogen-bond acceptors (Lipinski definition) is 5. The summed E-state index contributed by atoms with van der Waals surface area (Å²) in [6, 6.07) is 12.2. The van der Waals surface area contributed by atoms with Crippen LogP contribution in [0.15, 0.2) is 48.5 Å². The van der Waals surface area contributed by atoms with Crippen LogP contribution in [0.2, 0.25) is 0 Å². The van der Waals surface area contributed by atoms with E-state index in [4.69, 9.17) is 0 Å². The SMILES string of the molecule is CCc1ccccc1NC(=O)c1nnn(-c2ccc(OC(F)(F)F)cc2)n1. The highest BCUT2D eigenvalue weighted by Crippen LogP contribution is 2.23. The van der Waals surface area contributed by atoms with Crippen LogP contribution in [0, 0.1) is 0 Å². The fourth-order valence-electron chi connectivity index (χ4n) is 2.32. The van der Waals surface area contributed by atoms with Gasteiger partial charge in [0.2, 0.25) is 0 Å². The van der Waals surface area contributed by atoms with Gasteiger partial charge in [0, 0.05) is 5.69 Å². The standard InChI is InChI=1S/C17H14F3N5O2/c1-2-11-5-3-4-6-14(11)21-16(26)15-22-24-25(23-15)12-7-9-13(10-8-12)27-17(18,19)20/h3-10H,2H2,1H3,(H,21,26). The van der Waals surface area contributed by atoms with Gasteiger partial charge in [-0.15, -0.1) is 28.2 Å². The molecule has 3 aromatic rings. The summed E-state index contributed by atoms with van der Waals surface area (Å²) in [7, 11) is 0. The molecule has 0 saturated carbocycles. The van der Waals surface area contributed by atoms with Gasteiger partial charge < -0.3 is 10.1 Å². The molecule has 7 nitrogen and oxygen atoms in total. The molecule has 0 bridgehead atoms. The Morgan fingerprint density at radius 1 is 1.15 bits per heavy atom. The van der Waals surface area contributed by atoms with Crippen LogP contribution in [0.25, 0.3) is 5.69 Å². The van der Waals surface area contributed by atoms with Gasteiger partial charge in [-0.2, -0.15) is 0 Å². The lowest BCUT2D eigenvalue weighted by molar-refractivity contribution is -0.274. The Labute approximate surface area is 151 Å². The average molecular weight is 377 g/mol. The van der Waals surface area contributed by atoms with Gasteiger partial charge in [-0.1, -0.05) is 25.1 Å². The summed E-state index contributed by atoms with van der Waals surface area (Å²) in [4.78, 5) is 13.3. The van der Waals surface area contributed by atoms with E-state index in [1.165, 1.54) is 12.1 Å². The van der Waals surface area contributed by atoms with Crippen molar-refractivity contribution in [2.75, 3.05) is 5.32 Å². The molecule has 0 unspecified atom stereocenters. The van der Waals surface area contributed by atoms with E-state index in [-0.39, 0.29) is 11.6 Å². The van der Waals surface area contributed by atoms with E-state index in [0.29, 0.717) is 11.4 Å². The first-order valence-electron chi connectivity index (χ1n) is 7.91. The van der Waals surface area contributed by atoms with Crippen molar-refractivity contribution in [3.63, 3.8) is 0 Å². The predicted molar refractivity (Wildman–Crippen MR) is 89.6 cm³/mol. The minimum absolute atomic E-state index is 0.170. The molecule has 0 radical (unpaired) electrons. The Hall–Kier alpha value is -3.43. The van der Waals surface area contributed by atoms with Crippen LogP contribution in [0.3, 0.4) is 0 Å². The predicted octanol–water partition coefficient (Wildman–Crippen LogP) is 3.38. The Bertz CT molecular complexity index is 938. The number of tetrazole rings is 1. The summed E-state index contributed by atoms with van der Waals surface area (Å²) in [5, 5.41) is 14.1. The largest absolute Gasteiger partial charge is 0.573 e. The van der Waals surface area contributed by atoms with E-state index in [9.17, 15) is 18.0 Å². The molecule has 0 saturated heterocycles. The first kappa shape index (κ1) is 18.4. The second-order valence-corrected chi connectivity index (χ2v) is 5.41. The number of carbonyl (C=O) groups excluding carboxylic acids is 1. The molecule has 1 amide bonds. The molecule has 3 rings (SSSR count). The zero-order valence-electron chi connectivity index (χ0n) is 14.1. The molecule has 2 aromatic carbocycles. The van der Waals surface area contributed by atoms with Gasteiger partial charge in [0.15, 0.2) is 0 Å². The van der Waals surface area contributed by atoms with Crippen LogP contribution in [-0.4, -0.2) is 32.5 Å². The summed E-state index contributed by atoms with van der Waals surface area (Å²) in [6.07, 6.45) is -4.03. The normalized spacial score (nSPS) is 11.3. The second kappa shape index (κ2) is 7.44. The third kappa shape index (κ3) is 4.60. The van der Waals surface area contributed by atoms with E-state index >= 15 is 0 Å². The Morgan fingerprint density at radius 3 is 2.52 bits per heavy atom. The highest BCUT2D eigenvalue weighted by Gasteiger charge is 2.31. The summed E-state index contributed by atoms with van der Waals surface area (Å²) >= 11 is 0. The van der Waals surface area contributed by atoms with Gasteiger partial charge in [-0.3, -0.25) is 4.79 Å². The molecule has 1 N–H and O–H groups in total. The first-order valence-corrected chi connectivity index (χ1v) is 7.91. The maximum atomic E-state index is 12.3. The lowest BCUT2D eigenvalue weighted by atomic mass is 10.1. The number of rotatable bonds is 5. The third-order valence-corrected chi connectivity index (χ3v) is 3.56. The molecule has 1 aromatic heterocycles. The second-order valence-electron chi connectivity index (χ2n) is 5.41. The summed E-state index contributed by atoms with van der Waals surface area (Å²) < 4.78 is 40.3.